The van der Waals surface area contributed by atoms with E-state index in [0.29, 0.717) is 21.9 Å². The van der Waals surface area contributed by atoms with Gasteiger partial charge in [0.15, 0.2) is 0 Å². The van der Waals surface area contributed by atoms with Gasteiger partial charge in [0.1, 0.15) is 5.56 Å². The molecule has 2 aromatic heterocycles. The van der Waals surface area contributed by atoms with Crippen molar-refractivity contribution in [3.05, 3.63) is 81.2 Å². The van der Waals surface area contributed by atoms with Crippen LogP contribution in [0, 0.1) is 6.92 Å². The number of nitrogen functional groups attached to an aromatic ring is 1. The first-order chi connectivity index (χ1) is 13.9. The van der Waals surface area contributed by atoms with Crippen LogP contribution in [-0.4, -0.2) is 20.9 Å². The molecule has 7 nitrogen and oxygen atoms in total. The quantitative estimate of drug-likeness (QED) is 0.480. The summed E-state index contributed by atoms with van der Waals surface area (Å²) in [5.74, 6) is -0.362. The number of hydrogen-bond donors (Lipinski definition) is 3. The molecule has 0 aliphatic heterocycles. The van der Waals surface area contributed by atoms with Gasteiger partial charge >= 0.3 is 0 Å². The third-order valence-electron chi connectivity index (χ3n) is 4.50. The number of nitrogens with zero attached hydrogens (tertiary/aromatic N) is 2. The van der Waals surface area contributed by atoms with Crippen LogP contribution in [0.3, 0.4) is 0 Å². The largest absolute Gasteiger partial charge is 0.368 e. The summed E-state index contributed by atoms with van der Waals surface area (Å²) in [6.45, 7) is 1.86. The van der Waals surface area contributed by atoms with Crippen molar-refractivity contribution in [2.75, 3.05) is 11.1 Å². The maximum absolute atomic E-state index is 12.6. The fraction of sp³-hybridized carbons (Fsp3) is 0.0476. The molecule has 0 bridgehead atoms. The van der Waals surface area contributed by atoms with Crippen LogP contribution < -0.4 is 16.6 Å². The highest BCUT2D eigenvalue weighted by Gasteiger charge is 2.14. The van der Waals surface area contributed by atoms with Crippen molar-refractivity contribution in [3.8, 4) is 11.3 Å². The number of benzene rings is 2. The Balaban J connectivity index is 1.79. The van der Waals surface area contributed by atoms with E-state index in [2.05, 4.69) is 20.3 Å². The summed E-state index contributed by atoms with van der Waals surface area (Å²) in [6, 6.07) is 13.9. The molecule has 0 radical (unpaired) electrons. The summed E-state index contributed by atoms with van der Waals surface area (Å²) < 4.78 is 0. The van der Waals surface area contributed by atoms with Gasteiger partial charge in [0.25, 0.3) is 11.5 Å². The summed E-state index contributed by atoms with van der Waals surface area (Å²) >= 11 is 6.15. The summed E-state index contributed by atoms with van der Waals surface area (Å²) in [5.41, 5.74) is 8.84. The van der Waals surface area contributed by atoms with Gasteiger partial charge in [-0.2, -0.15) is 0 Å². The Kier molecular flexibility index (Phi) is 4.74. The summed E-state index contributed by atoms with van der Waals surface area (Å²) in [6.07, 6.45) is 1.47. The minimum atomic E-state index is -0.498. The van der Waals surface area contributed by atoms with Crippen LogP contribution in [0.2, 0.25) is 5.02 Å². The highest BCUT2D eigenvalue weighted by atomic mass is 35.5. The van der Waals surface area contributed by atoms with Crippen molar-refractivity contribution in [1.29, 1.82) is 0 Å². The van der Waals surface area contributed by atoms with Crippen LogP contribution in [0.15, 0.2) is 59.5 Å². The molecule has 0 saturated heterocycles. The number of rotatable bonds is 3. The van der Waals surface area contributed by atoms with Crippen molar-refractivity contribution < 1.29 is 4.79 Å². The van der Waals surface area contributed by atoms with E-state index in [1.54, 1.807) is 30.3 Å². The molecule has 2 heterocycles. The molecule has 0 unspecified atom stereocenters. The van der Waals surface area contributed by atoms with E-state index in [1.165, 1.54) is 12.3 Å². The molecule has 0 aliphatic rings. The highest BCUT2D eigenvalue weighted by molar-refractivity contribution is 6.31. The lowest BCUT2D eigenvalue weighted by molar-refractivity contribution is 0.102. The predicted molar refractivity (Wildman–Crippen MR) is 114 cm³/mol. The maximum Gasteiger partial charge on any atom is 0.261 e. The van der Waals surface area contributed by atoms with Gasteiger partial charge in [0.2, 0.25) is 5.95 Å². The first kappa shape index (κ1) is 18.6. The number of nitrogens with one attached hydrogen (secondary N) is 2. The third kappa shape index (κ3) is 3.68. The summed E-state index contributed by atoms with van der Waals surface area (Å²) in [5, 5.41) is 4.09. The predicted octanol–water partition coefficient (Wildman–Crippen LogP) is 3.78. The van der Waals surface area contributed by atoms with E-state index < -0.39 is 11.5 Å². The van der Waals surface area contributed by atoms with Gasteiger partial charge in [0, 0.05) is 27.9 Å². The zero-order valence-electron chi connectivity index (χ0n) is 15.4. The van der Waals surface area contributed by atoms with Crippen LogP contribution >= 0.6 is 11.6 Å². The monoisotopic (exact) mass is 405 g/mol. The van der Waals surface area contributed by atoms with E-state index in [4.69, 9.17) is 17.3 Å². The average molecular weight is 406 g/mol. The Morgan fingerprint density at radius 2 is 1.97 bits per heavy atom. The molecular formula is C21H16ClN5O2. The number of fused-ring (bicyclic) bond motifs is 1. The van der Waals surface area contributed by atoms with Gasteiger partial charge in [-0.1, -0.05) is 23.7 Å². The lowest BCUT2D eigenvalue weighted by Crippen LogP contribution is -2.22. The molecular weight excluding hydrogens is 390 g/mol. The number of aryl methyl sites for hydroxylation is 1. The van der Waals surface area contributed by atoms with E-state index in [9.17, 15) is 9.59 Å². The van der Waals surface area contributed by atoms with Crippen LogP contribution in [0.25, 0.3) is 22.2 Å². The zero-order valence-corrected chi connectivity index (χ0v) is 16.1. The fourth-order valence-electron chi connectivity index (χ4n) is 3.03. The van der Waals surface area contributed by atoms with Gasteiger partial charge in [-0.3, -0.25) is 9.59 Å². The number of amides is 1. The molecule has 4 aromatic rings. The molecule has 4 N–H and O–H groups in total. The first-order valence-electron chi connectivity index (χ1n) is 8.75. The number of aromatic nitrogens is 3. The van der Waals surface area contributed by atoms with Gasteiger partial charge in [-0.05, 0) is 48.9 Å². The molecule has 0 aliphatic carbocycles. The average Bonchev–Trinajstić information content (AvgIpc) is 2.69. The van der Waals surface area contributed by atoms with Gasteiger partial charge in [0.05, 0.1) is 11.2 Å². The smallest absolute Gasteiger partial charge is 0.261 e. The number of H-pyrrole nitrogens is 1. The lowest BCUT2D eigenvalue weighted by atomic mass is 10.0. The van der Waals surface area contributed by atoms with Crippen LogP contribution in [0.5, 0.6) is 0 Å². The van der Waals surface area contributed by atoms with E-state index in [1.807, 2.05) is 19.1 Å². The number of halogens is 1. The molecule has 0 saturated carbocycles. The molecule has 144 valence electrons. The highest BCUT2D eigenvalue weighted by Crippen LogP contribution is 2.31. The van der Waals surface area contributed by atoms with Crippen molar-refractivity contribution in [3.63, 3.8) is 0 Å². The van der Waals surface area contributed by atoms with Gasteiger partial charge in [-0.25, -0.2) is 9.97 Å². The zero-order chi connectivity index (χ0) is 20.5. The third-order valence-corrected chi connectivity index (χ3v) is 4.73. The number of anilines is 2. The summed E-state index contributed by atoms with van der Waals surface area (Å²) in [4.78, 5) is 35.5. The number of hydrogen-bond acceptors (Lipinski definition) is 5. The Labute approximate surface area is 170 Å². The summed E-state index contributed by atoms with van der Waals surface area (Å²) in [7, 11) is 0. The Morgan fingerprint density at radius 3 is 2.76 bits per heavy atom. The molecule has 1 amide bonds. The van der Waals surface area contributed by atoms with Gasteiger partial charge in [-0.15, -0.1) is 0 Å². The molecule has 0 spiro atoms. The Bertz CT molecular complexity index is 1320. The van der Waals surface area contributed by atoms with E-state index >= 15 is 0 Å². The maximum atomic E-state index is 12.6. The first-order valence-corrected chi connectivity index (χ1v) is 9.13. The minimum Gasteiger partial charge on any atom is -0.368 e. The number of nitrogens with two attached hydrogens (primary N) is 1. The van der Waals surface area contributed by atoms with Crippen LogP contribution in [0.4, 0.5) is 11.6 Å². The molecule has 2 aromatic carbocycles. The Morgan fingerprint density at radius 1 is 1.14 bits per heavy atom. The van der Waals surface area contributed by atoms with Crippen molar-refractivity contribution >= 4 is 40.0 Å². The standard InChI is InChI=1S/C21H16ClN5O2/c1-11-4-5-12(9-17(11)25-20(29)14-3-2-8-24-19(14)28)18-15-10-13(22)6-7-16(15)26-21(23)27-18/h2-10H,1H3,(H,24,28)(H,25,29)(H2,23,26,27). The molecule has 8 heteroatoms. The number of carbonyl (C=O) groups excluding carboxylic acids is 1. The second-order valence-electron chi connectivity index (χ2n) is 6.49. The molecule has 29 heavy (non-hydrogen) atoms. The molecule has 0 atom stereocenters. The van der Waals surface area contributed by atoms with Crippen molar-refractivity contribution in [1.82, 2.24) is 15.0 Å². The van der Waals surface area contributed by atoms with E-state index in [-0.39, 0.29) is 11.5 Å². The number of pyridine rings is 1. The molecule has 4 rings (SSSR count). The molecule has 0 fully saturated rings. The van der Waals surface area contributed by atoms with Gasteiger partial charge < -0.3 is 16.0 Å². The van der Waals surface area contributed by atoms with Crippen molar-refractivity contribution in [2.45, 2.75) is 6.92 Å². The minimum absolute atomic E-state index is 0.0285. The lowest BCUT2D eigenvalue weighted by Gasteiger charge is -2.12. The topological polar surface area (TPSA) is 114 Å². The van der Waals surface area contributed by atoms with E-state index in [0.717, 1.165) is 16.5 Å². The van der Waals surface area contributed by atoms with Crippen molar-refractivity contribution in [2.24, 2.45) is 0 Å². The van der Waals surface area contributed by atoms with Crippen LogP contribution in [-0.2, 0) is 0 Å². The number of carbonyl (C=O) groups is 1. The normalized spacial score (nSPS) is 10.8. The number of aromatic amines is 1. The Hall–Kier alpha value is -3.71. The second kappa shape index (κ2) is 7.37. The second-order valence-corrected chi connectivity index (χ2v) is 6.93. The SMILES string of the molecule is Cc1ccc(-c2nc(N)nc3ccc(Cl)cc23)cc1NC(=O)c1ccc[nH]c1=O. The van der Waals surface area contributed by atoms with Crippen LogP contribution in [0.1, 0.15) is 15.9 Å². The fourth-order valence-corrected chi connectivity index (χ4v) is 3.20.